The molecule has 4 N–H and O–H groups in total. The molecular formula is C17H25N5O4. The van der Waals surface area contributed by atoms with Crippen molar-refractivity contribution in [3.63, 3.8) is 0 Å². The fraction of sp³-hybridized carbons (Fsp3) is 0.706. The van der Waals surface area contributed by atoms with Crippen LogP contribution in [0.4, 0.5) is 5.82 Å². The van der Waals surface area contributed by atoms with Gasteiger partial charge in [-0.3, -0.25) is 4.57 Å². The van der Waals surface area contributed by atoms with Gasteiger partial charge in [0.15, 0.2) is 23.2 Å². The highest BCUT2D eigenvalue weighted by molar-refractivity contribution is 5.82. The van der Waals surface area contributed by atoms with Crippen LogP contribution in [0.1, 0.15) is 38.3 Å². The number of anilines is 1. The van der Waals surface area contributed by atoms with E-state index in [1.807, 2.05) is 0 Å². The molecule has 9 nitrogen and oxygen atoms in total. The molecule has 2 aliphatic rings. The number of aromatic nitrogens is 4. The molecule has 2 fully saturated rings. The SMILES string of the molecule is OC[C@H]1O[C@@H](n2cnc3c(NCC4CCCCC4)ncnc32)C(O)[C@H]1O. The molecule has 0 spiro atoms. The molecule has 0 radical (unpaired) electrons. The summed E-state index contributed by atoms with van der Waals surface area (Å²) in [6, 6.07) is 0. The quantitative estimate of drug-likeness (QED) is 0.603. The van der Waals surface area contributed by atoms with Gasteiger partial charge in [-0.1, -0.05) is 19.3 Å². The summed E-state index contributed by atoms with van der Waals surface area (Å²) in [4.78, 5) is 12.9. The second kappa shape index (κ2) is 7.43. The highest BCUT2D eigenvalue weighted by Crippen LogP contribution is 2.32. The van der Waals surface area contributed by atoms with Crippen molar-refractivity contribution in [1.82, 2.24) is 19.5 Å². The predicted octanol–water partition coefficient (Wildman–Crippen LogP) is 0.430. The van der Waals surface area contributed by atoms with E-state index in [-0.39, 0.29) is 6.61 Å². The van der Waals surface area contributed by atoms with Crippen molar-refractivity contribution in [3.05, 3.63) is 12.7 Å². The van der Waals surface area contributed by atoms with Crippen molar-refractivity contribution in [2.24, 2.45) is 5.92 Å². The molecule has 142 valence electrons. The van der Waals surface area contributed by atoms with Crippen LogP contribution in [0.5, 0.6) is 0 Å². The highest BCUT2D eigenvalue weighted by Gasteiger charge is 2.44. The van der Waals surface area contributed by atoms with E-state index in [9.17, 15) is 15.3 Å². The molecule has 1 aliphatic heterocycles. The van der Waals surface area contributed by atoms with Crippen molar-refractivity contribution >= 4 is 17.0 Å². The Kier molecular flexibility index (Phi) is 5.03. The van der Waals surface area contributed by atoms with Crippen molar-refractivity contribution in [1.29, 1.82) is 0 Å². The summed E-state index contributed by atoms with van der Waals surface area (Å²) in [6.45, 7) is 0.483. The lowest BCUT2D eigenvalue weighted by molar-refractivity contribution is -0.0511. The molecule has 2 aromatic rings. The molecule has 3 heterocycles. The summed E-state index contributed by atoms with van der Waals surface area (Å²) < 4.78 is 7.15. The zero-order valence-electron chi connectivity index (χ0n) is 14.5. The molecular weight excluding hydrogens is 338 g/mol. The average Bonchev–Trinajstić information content (AvgIpc) is 3.23. The van der Waals surface area contributed by atoms with Crippen LogP contribution in [-0.2, 0) is 4.74 Å². The van der Waals surface area contributed by atoms with E-state index < -0.39 is 24.5 Å². The van der Waals surface area contributed by atoms with E-state index in [0.717, 1.165) is 6.54 Å². The van der Waals surface area contributed by atoms with Gasteiger partial charge < -0.3 is 25.4 Å². The van der Waals surface area contributed by atoms with Crippen molar-refractivity contribution in [2.45, 2.75) is 56.6 Å². The first-order valence-corrected chi connectivity index (χ1v) is 9.23. The maximum atomic E-state index is 10.2. The Hall–Kier alpha value is -1.81. The fourth-order valence-electron chi connectivity index (χ4n) is 3.91. The van der Waals surface area contributed by atoms with Crippen LogP contribution < -0.4 is 5.32 Å². The maximum Gasteiger partial charge on any atom is 0.167 e. The molecule has 0 amide bonds. The Labute approximate surface area is 151 Å². The lowest BCUT2D eigenvalue weighted by Gasteiger charge is -2.22. The first-order chi connectivity index (χ1) is 12.7. The Morgan fingerprint density at radius 1 is 1.12 bits per heavy atom. The number of nitrogens with zero attached hydrogens (tertiary/aromatic N) is 4. The lowest BCUT2D eigenvalue weighted by atomic mass is 9.89. The van der Waals surface area contributed by atoms with Gasteiger partial charge >= 0.3 is 0 Å². The maximum absolute atomic E-state index is 10.2. The molecule has 1 saturated carbocycles. The van der Waals surface area contributed by atoms with Crippen molar-refractivity contribution in [3.8, 4) is 0 Å². The zero-order valence-corrected chi connectivity index (χ0v) is 14.5. The van der Waals surface area contributed by atoms with E-state index in [0.29, 0.717) is 22.9 Å². The van der Waals surface area contributed by atoms with Crippen molar-refractivity contribution in [2.75, 3.05) is 18.5 Å². The zero-order chi connectivity index (χ0) is 18.1. The second-order valence-electron chi connectivity index (χ2n) is 7.16. The minimum Gasteiger partial charge on any atom is -0.394 e. The van der Waals surface area contributed by atoms with E-state index in [1.165, 1.54) is 44.8 Å². The van der Waals surface area contributed by atoms with Gasteiger partial charge in [0.2, 0.25) is 0 Å². The number of rotatable bonds is 5. The molecule has 1 saturated heterocycles. The van der Waals surface area contributed by atoms with Crippen LogP contribution in [0.3, 0.4) is 0 Å². The average molecular weight is 363 g/mol. The Morgan fingerprint density at radius 2 is 1.92 bits per heavy atom. The van der Waals surface area contributed by atoms with Gasteiger partial charge in [0.05, 0.1) is 12.9 Å². The third kappa shape index (κ3) is 3.16. The largest absolute Gasteiger partial charge is 0.394 e. The Morgan fingerprint density at radius 3 is 2.65 bits per heavy atom. The Bertz CT molecular complexity index is 748. The molecule has 1 aliphatic carbocycles. The van der Waals surface area contributed by atoms with Crippen LogP contribution >= 0.6 is 0 Å². The highest BCUT2D eigenvalue weighted by atomic mass is 16.6. The number of aliphatic hydroxyl groups excluding tert-OH is 3. The van der Waals surface area contributed by atoms with Gasteiger partial charge in [-0.15, -0.1) is 0 Å². The molecule has 0 bridgehead atoms. The van der Waals surface area contributed by atoms with Crippen LogP contribution in [0.25, 0.3) is 11.2 Å². The smallest absolute Gasteiger partial charge is 0.167 e. The summed E-state index contributed by atoms with van der Waals surface area (Å²) in [7, 11) is 0. The summed E-state index contributed by atoms with van der Waals surface area (Å²) >= 11 is 0. The molecule has 2 aromatic heterocycles. The molecule has 0 aromatic carbocycles. The lowest BCUT2D eigenvalue weighted by Crippen LogP contribution is -2.33. The number of hydrogen-bond donors (Lipinski definition) is 4. The van der Waals surface area contributed by atoms with Crippen molar-refractivity contribution < 1.29 is 20.1 Å². The van der Waals surface area contributed by atoms with Crippen LogP contribution in [0.2, 0.25) is 0 Å². The standard InChI is InChI=1S/C17H25N5O4/c23-7-11-13(24)14(25)17(26-11)22-9-21-12-15(19-8-20-16(12)22)18-6-10-4-2-1-3-5-10/h8-11,13-14,17,23-25H,1-7H2,(H,18,19,20)/t11-,13+,14?,17-/m1/s1. The summed E-state index contributed by atoms with van der Waals surface area (Å²) in [5, 5.41) is 32.9. The molecule has 26 heavy (non-hydrogen) atoms. The van der Waals surface area contributed by atoms with Crippen LogP contribution in [0, 0.1) is 5.92 Å². The van der Waals surface area contributed by atoms with Gasteiger partial charge in [0, 0.05) is 6.54 Å². The van der Waals surface area contributed by atoms with Gasteiger partial charge in [-0.25, -0.2) is 15.0 Å². The number of fused-ring (bicyclic) bond motifs is 1. The van der Waals surface area contributed by atoms with E-state index >= 15 is 0 Å². The van der Waals surface area contributed by atoms with Crippen LogP contribution in [0.15, 0.2) is 12.7 Å². The van der Waals surface area contributed by atoms with E-state index in [1.54, 1.807) is 4.57 Å². The predicted molar refractivity (Wildman–Crippen MR) is 93.4 cm³/mol. The number of ether oxygens (including phenoxy) is 1. The summed E-state index contributed by atoms with van der Waals surface area (Å²) in [5.41, 5.74) is 1.11. The molecule has 4 rings (SSSR count). The fourth-order valence-corrected chi connectivity index (χ4v) is 3.91. The first kappa shape index (κ1) is 17.6. The van der Waals surface area contributed by atoms with Gasteiger partial charge in [0.25, 0.3) is 0 Å². The molecule has 9 heteroatoms. The minimum absolute atomic E-state index is 0.371. The number of aliphatic hydroxyl groups is 3. The Balaban J connectivity index is 1.55. The second-order valence-corrected chi connectivity index (χ2v) is 7.16. The number of nitrogens with one attached hydrogen (secondary N) is 1. The third-order valence-corrected chi connectivity index (χ3v) is 5.43. The number of imidazole rings is 1. The molecule has 4 atom stereocenters. The monoisotopic (exact) mass is 363 g/mol. The van der Waals surface area contributed by atoms with Crippen LogP contribution in [-0.4, -0.2) is 66.3 Å². The minimum atomic E-state index is -1.17. The van der Waals surface area contributed by atoms with Gasteiger partial charge in [-0.2, -0.15) is 0 Å². The van der Waals surface area contributed by atoms with E-state index in [4.69, 9.17) is 4.74 Å². The summed E-state index contributed by atoms with van der Waals surface area (Å²) in [5.74, 6) is 1.31. The van der Waals surface area contributed by atoms with Gasteiger partial charge in [-0.05, 0) is 18.8 Å². The first-order valence-electron chi connectivity index (χ1n) is 9.23. The third-order valence-electron chi connectivity index (χ3n) is 5.43. The van der Waals surface area contributed by atoms with E-state index in [2.05, 4.69) is 20.3 Å². The molecule has 1 unspecified atom stereocenters. The normalized spacial score (nSPS) is 30.1. The summed E-state index contributed by atoms with van der Waals surface area (Å²) in [6.07, 6.45) is 5.31. The van der Waals surface area contributed by atoms with Gasteiger partial charge in [0.1, 0.15) is 24.6 Å². The topological polar surface area (TPSA) is 126 Å². The number of hydrogen-bond acceptors (Lipinski definition) is 8.